The van der Waals surface area contributed by atoms with Gasteiger partial charge in [0.05, 0.1) is 34.1 Å². The third kappa shape index (κ3) is 5.22. The Balaban J connectivity index is 0.959. The number of fused-ring (bicyclic) bond motifs is 2. The fraction of sp³-hybridized carbons (Fsp3) is 0.364. The quantitative estimate of drug-likeness (QED) is 0.259. The van der Waals surface area contributed by atoms with Crippen LogP contribution in [0.3, 0.4) is 0 Å². The number of hydrogen-bond acceptors (Lipinski definition) is 8. The summed E-state index contributed by atoms with van der Waals surface area (Å²) in [4.78, 5) is 60.2. The Morgan fingerprint density at radius 2 is 1.77 bits per heavy atom. The van der Waals surface area contributed by atoms with Crippen molar-refractivity contribution >= 4 is 45.9 Å². The van der Waals surface area contributed by atoms with E-state index in [1.54, 1.807) is 18.3 Å². The number of piperidine rings is 1. The number of aromatic nitrogens is 2. The van der Waals surface area contributed by atoms with Gasteiger partial charge < -0.3 is 10.7 Å². The lowest BCUT2D eigenvalue weighted by Crippen LogP contribution is -2.54. The van der Waals surface area contributed by atoms with E-state index in [0.29, 0.717) is 34.7 Å². The van der Waals surface area contributed by atoms with Crippen LogP contribution in [0.1, 0.15) is 76.9 Å². The molecule has 4 amide bonds. The lowest BCUT2D eigenvalue weighted by atomic mass is 9.77. The highest BCUT2D eigenvalue weighted by Crippen LogP contribution is 2.36. The lowest BCUT2D eigenvalue weighted by molar-refractivity contribution is -0.136. The summed E-state index contributed by atoms with van der Waals surface area (Å²) in [7, 11) is 0. The van der Waals surface area contributed by atoms with Crippen molar-refractivity contribution in [3.63, 3.8) is 0 Å². The molecule has 2 aromatic carbocycles. The van der Waals surface area contributed by atoms with E-state index in [9.17, 15) is 19.2 Å². The number of carbonyl (C=O) groups excluding carboxylic acids is 4. The van der Waals surface area contributed by atoms with E-state index in [1.165, 1.54) is 0 Å². The van der Waals surface area contributed by atoms with Gasteiger partial charge in [0.2, 0.25) is 11.8 Å². The zero-order chi connectivity index (χ0) is 29.7. The first kappa shape index (κ1) is 27.1. The van der Waals surface area contributed by atoms with Crippen LogP contribution in [0.5, 0.6) is 0 Å². The molecule has 3 heterocycles. The molecule has 7 rings (SSSR count). The number of carbonyl (C=O) groups is 4. The largest absolute Gasteiger partial charge is 0.388 e. The molecule has 43 heavy (non-hydrogen) atoms. The maximum atomic E-state index is 13.1. The van der Waals surface area contributed by atoms with E-state index in [-0.39, 0.29) is 18.7 Å². The van der Waals surface area contributed by atoms with Gasteiger partial charge in [-0.1, -0.05) is 18.2 Å². The van der Waals surface area contributed by atoms with Gasteiger partial charge >= 0.3 is 0 Å². The Bertz CT molecular complexity index is 1720. The van der Waals surface area contributed by atoms with Crippen molar-refractivity contribution < 1.29 is 19.2 Å². The monoisotopic (exact) mass is 576 g/mol. The Morgan fingerprint density at radius 1 is 1.00 bits per heavy atom. The summed E-state index contributed by atoms with van der Waals surface area (Å²) in [6, 6.07) is 12.5. The molecule has 4 aliphatic rings. The van der Waals surface area contributed by atoms with Crippen molar-refractivity contribution in [3.05, 3.63) is 77.2 Å². The second-order valence-electron chi connectivity index (χ2n) is 12.1. The molecule has 2 aliphatic heterocycles. The average Bonchev–Trinajstić information content (AvgIpc) is 3.81. The first-order chi connectivity index (χ1) is 20.9. The minimum absolute atomic E-state index is 0.101. The van der Waals surface area contributed by atoms with Crippen LogP contribution in [-0.4, -0.2) is 56.3 Å². The van der Waals surface area contributed by atoms with Gasteiger partial charge in [0.1, 0.15) is 6.04 Å². The topological polar surface area (TPSA) is 145 Å². The number of hydrogen-bond donors (Lipinski definition) is 3. The number of benzene rings is 2. The standard InChI is InChI=1S/C33H32N6O4/c34-30(20-8-9-20)24(27-17-36-25-3-1-2-4-26(25)37-27)16-35-21-13-19(14-21)6-5-18-7-10-22-23(15-18)33(43)39(32(22)42)28-11-12-29(40)38-31(28)41/h1-4,7,10,15-17,19-21,28,34-35H,5-6,8-9,11-14H2,(H,38,40,41)/b24-16-,34-30?. The SMILES string of the molecule is N=C(/C(=C\NC1CC(CCc2ccc3c(c2)C(=O)N(C2CCC(=O)NC2=O)C3=O)C1)c1cnc2ccccc2n1)C1CC1. The molecule has 3 fully saturated rings. The number of para-hydroxylation sites is 2. The van der Waals surface area contributed by atoms with Crippen molar-refractivity contribution in [2.45, 2.75) is 63.5 Å². The summed E-state index contributed by atoms with van der Waals surface area (Å²) in [6.45, 7) is 0. The number of allylic oxidation sites excluding steroid dienone is 1. The molecule has 2 saturated carbocycles. The molecule has 2 aliphatic carbocycles. The first-order valence-electron chi connectivity index (χ1n) is 15.0. The number of imide groups is 2. The number of aryl methyl sites for hydroxylation is 1. The van der Waals surface area contributed by atoms with Gasteiger partial charge in [-0.15, -0.1) is 0 Å². The summed E-state index contributed by atoms with van der Waals surface area (Å²) in [5.74, 6) is -1.12. The highest BCUT2D eigenvalue weighted by molar-refractivity contribution is 6.24. The Morgan fingerprint density at radius 3 is 2.53 bits per heavy atom. The van der Waals surface area contributed by atoms with Gasteiger partial charge in [0.25, 0.3) is 11.8 Å². The predicted molar refractivity (Wildman–Crippen MR) is 159 cm³/mol. The van der Waals surface area contributed by atoms with Crippen LogP contribution in [0.2, 0.25) is 0 Å². The summed E-state index contributed by atoms with van der Waals surface area (Å²) >= 11 is 0. The Labute approximate surface area is 248 Å². The highest BCUT2D eigenvalue weighted by atomic mass is 16.2. The number of nitrogens with zero attached hydrogens (tertiary/aromatic N) is 3. The summed E-state index contributed by atoms with van der Waals surface area (Å²) in [5, 5.41) is 14.5. The maximum Gasteiger partial charge on any atom is 0.262 e. The predicted octanol–water partition coefficient (Wildman–Crippen LogP) is 3.80. The third-order valence-corrected chi connectivity index (χ3v) is 9.04. The number of amides is 4. The van der Waals surface area contributed by atoms with Gasteiger partial charge in [-0.25, -0.2) is 4.98 Å². The molecule has 3 N–H and O–H groups in total. The molecular weight excluding hydrogens is 544 g/mol. The van der Waals surface area contributed by atoms with Gasteiger partial charge in [-0.2, -0.15) is 0 Å². The zero-order valence-corrected chi connectivity index (χ0v) is 23.6. The number of rotatable bonds is 9. The van der Waals surface area contributed by atoms with Crippen molar-refractivity contribution in [2.75, 3.05) is 0 Å². The van der Waals surface area contributed by atoms with Crippen LogP contribution in [0.15, 0.2) is 54.9 Å². The zero-order valence-electron chi connectivity index (χ0n) is 23.6. The summed E-state index contributed by atoms with van der Waals surface area (Å²) < 4.78 is 0. The average molecular weight is 577 g/mol. The molecule has 0 spiro atoms. The van der Waals surface area contributed by atoms with E-state index in [1.807, 2.05) is 36.5 Å². The van der Waals surface area contributed by atoms with Gasteiger partial charge in [-0.3, -0.25) is 34.4 Å². The van der Waals surface area contributed by atoms with Crippen molar-refractivity contribution in [2.24, 2.45) is 11.8 Å². The molecule has 1 unspecified atom stereocenters. The second-order valence-corrected chi connectivity index (χ2v) is 12.1. The molecule has 10 heteroatoms. The minimum Gasteiger partial charge on any atom is -0.388 e. The van der Waals surface area contributed by atoms with E-state index in [0.717, 1.165) is 71.3 Å². The van der Waals surface area contributed by atoms with Gasteiger partial charge in [-0.05, 0) is 80.7 Å². The maximum absolute atomic E-state index is 13.1. The summed E-state index contributed by atoms with van der Waals surface area (Å²) in [6.07, 6.45) is 9.81. The van der Waals surface area contributed by atoms with Crippen LogP contribution in [-0.2, 0) is 16.0 Å². The second kappa shape index (κ2) is 10.8. The molecule has 0 bridgehead atoms. The van der Waals surface area contributed by atoms with E-state index < -0.39 is 23.8 Å². The Hall–Kier alpha value is -4.73. The normalized spacial score (nSPS) is 23.7. The first-order valence-corrected chi connectivity index (χ1v) is 15.0. The smallest absolute Gasteiger partial charge is 0.262 e. The molecule has 1 atom stereocenters. The van der Waals surface area contributed by atoms with Crippen LogP contribution in [0.4, 0.5) is 0 Å². The fourth-order valence-electron chi connectivity index (χ4n) is 6.32. The molecule has 218 valence electrons. The fourth-order valence-corrected chi connectivity index (χ4v) is 6.32. The molecular formula is C33H32N6O4. The van der Waals surface area contributed by atoms with Crippen molar-refractivity contribution in [1.82, 2.24) is 25.5 Å². The molecule has 1 saturated heterocycles. The molecule has 10 nitrogen and oxygen atoms in total. The van der Waals surface area contributed by atoms with E-state index in [2.05, 4.69) is 15.6 Å². The highest BCUT2D eigenvalue weighted by Gasteiger charge is 2.44. The van der Waals surface area contributed by atoms with Gasteiger partial charge in [0.15, 0.2) is 0 Å². The molecule has 1 aromatic heterocycles. The van der Waals surface area contributed by atoms with Crippen molar-refractivity contribution in [3.8, 4) is 0 Å². The van der Waals surface area contributed by atoms with E-state index >= 15 is 0 Å². The van der Waals surface area contributed by atoms with Gasteiger partial charge in [0, 0.05) is 35.9 Å². The molecule has 0 radical (unpaired) electrons. The van der Waals surface area contributed by atoms with E-state index in [4.69, 9.17) is 10.4 Å². The minimum atomic E-state index is -0.955. The lowest BCUT2D eigenvalue weighted by Gasteiger charge is -2.36. The van der Waals surface area contributed by atoms with Crippen LogP contribution < -0.4 is 10.6 Å². The van der Waals surface area contributed by atoms with Crippen LogP contribution in [0.25, 0.3) is 16.6 Å². The van der Waals surface area contributed by atoms with Crippen molar-refractivity contribution in [1.29, 1.82) is 5.41 Å². The third-order valence-electron chi connectivity index (χ3n) is 9.04. The summed E-state index contributed by atoms with van der Waals surface area (Å²) in [5.41, 5.74) is 5.43. The van der Waals surface area contributed by atoms with Crippen LogP contribution in [0, 0.1) is 17.2 Å². The van der Waals surface area contributed by atoms with Crippen LogP contribution >= 0.6 is 0 Å². The Kier molecular flexibility index (Phi) is 6.83. The number of nitrogens with one attached hydrogen (secondary N) is 3. The molecule has 3 aromatic rings.